The Hall–Kier alpha value is -1.51. The average Bonchev–Trinajstić information content (AvgIpc) is 2.39. The van der Waals surface area contributed by atoms with Crippen molar-refractivity contribution in [2.24, 2.45) is 0 Å². The van der Waals surface area contributed by atoms with Crippen LogP contribution in [0.2, 0.25) is 0 Å². The molecular weight excluding hydrogens is 228 g/mol. The first-order chi connectivity index (χ1) is 8.83. The van der Waals surface area contributed by atoms with Crippen LogP contribution in [0.4, 0.5) is 4.79 Å². The van der Waals surface area contributed by atoms with Gasteiger partial charge < -0.3 is 9.47 Å². The second-order valence-corrected chi connectivity index (χ2v) is 4.28. The summed E-state index contributed by atoms with van der Waals surface area (Å²) in [6.45, 7) is 2.64. The van der Waals surface area contributed by atoms with Crippen molar-refractivity contribution in [1.29, 1.82) is 0 Å². The number of benzene rings is 1. The van der Waals surface area contributed by atoms with Crippen molar-refractivity contribution >= 4 is 6.16 Å². The second-order valence-electron chi connectivity index (χ2n) is 4.28. The minimum atomic E-state index is -0.616. The maximum Gasteiger partial charge on any atom is 0.513 e. The number of rotatable bonds is 8. The Kier molecular flexibility index (Phi) is 7.69. The minimum Gasteiger partial charge on any atom is -0.434 e. The molecule has 0 aromatic heterocycles. The molecule has 0 radical (unpaired) electrons. The highest BCUT2D eigenvalue weighted by atomic mass is 16.7. The molecule has 0 amide bonds. The molecule has 0 aliphatic carbocycles. The highest BCUT2D eigenvalue weighted by Crippen LogP contribution is 2.09. The maximum atomic E-state index is 11.3. The highest BCUT2D eigenvalue weighted by molar-refractivity contribution is 5.63. The van der Waals surface area contributed by atoms with Gasteiger partial charge in [-0.25, -0.2) is 4.79 Å². The molecule has 0 fully saturated rings. The van der Waals surface area contributed by atoms with Crippen molar-refractivity contribution in [3.05, 3.63) is 30.3 Å². The fourth-order valence-electron chi connectivity index (χ4n) is 1.65. The Morgan fingerprint density at radius 2 is 1.67 bits per heavy atom. The van der Waals surface area contributed by atoms with E-state index in [1.54, 1.807) is 12.1 Å². The van der Waals surface area contributed by atoms with Crippen LogP contribution in [0.1, 0.15) is 45.4 Å². The lowest BCUT2D eigenvalue weighted by Crippen LogP contribution is -2.11. The molecule has 0 heterocycles. The Bertz CT molecular complexity index is 322. The fourth-order valence-corrected chi connectivity index (χ4v) is 1.65. The third kappa shape index (κ3) is 6.94. The second kappa shape index (κ2) is 9.51. The van der Waals surface area contributed by atoms with Crippen molar-refractivity contribution in [1.82, 2.24) is 0 Å². The van der Waals surface area contributed by atoms with Gasteiger partial charge in [-0.3, -0.25) is 0 Å². The molecule has 0 atom stereocenters. The molecule has 0 unspecified atom stereocenters. The van der Waals surface area contributed by atoms with Crippen LogP contribution in [0.15, 0.2) is 30.3 Å². The first-order valence-electron chi connectivity index (χ1n) is 6.72. The number of hydrogen-bond acceptors (Lipinski definition) is 3. The predicted octanol–water partition coefficient (Wildman–Crippen LogP) is 4.56. The van der Waals surface area contributed by atoms with Gasteiger partial charge in [-0.1, -0.05) is 57.2 Å². The molecule has 0 saturated carbocycles. The zero-order chi connectivity index (χ0) is 13.1. The molecule has 0 bridgehead atoms. The molecule has 0 N–H and O–H groups in total. The maximum absolute atomic E-state index is 11.3. The van der Waals surface area contributed by atoms with Gasteiger partial charge in [0.25, 0.3) is 0 Å². The Morgan fingerprint density at radius 1 is 1.00 bits per heavy atom. The van der Waals surface area contributed by atoms with Crippen LogP contribution in [0.25, 0.3) is 0 Å². The number of para-hydroxylation sites is 1. The molecule has 0 saturated heterocycles. The summed E-state index contributed by atoms with van der Waals surface area (Å²) in [5, 5.41) is 0. The van der Waals surface area contributed by atoms with Crippen molar-refractivity contribution in [3.8, 4) is 5.75 Å². The van der Waals surface area contributed by atoms with E-state index in [0.717, 1.165) is 12.8 Å². The van der Waals surface area contributed by atoms with Gasteiger partial charge in [0.1, 0.15) is 5.75 Å². The van der Waals surface area contributed by atoms with E-state index in [0.29, 0.717) is 12.4 Å². The first kappa shape index (κ1) is 14.6. The molecular formula is C15H22O3. The van der Waals surface area contributed by atoms with Crippen molar-refractivity contribution in [2.45, 2.75) is 45.4 Å². The summed E-state index contributed by atoms with van der Waals surface area (Å²) in [5.74, 6) is 0.519. The van der Waals surface area contributed by atoms with Crippen LogP contribution in [0, 0.1) is 0 Å². The van der Waals surface area contributed by atoms with Crippen LogP contribution >= 0.6 is 0 Å². The van der Waals surface area contributed by atoms with Gasteiger partial charge in [0.05, 0.1) is 6.61 Å². The lowest BCUT2D eigenvalue weighted by Gasteiger charge is -2.05. The van der Waals surface area contributed by atoms with Crippen LogP contribution in [-0.2, 0) is 4.74 Å². The zero-order valence-electron chi connectivity index (χ0n) is 11.1. The standard InChI is InChI=1S/C15H22O3/c1-2-3-4-5-6-10-13-17-15(16)18-14-11-8-7-9-12-14/h7-9,11-12H,2-6,10,13H2,1H3. The monoisotopic (exact) mass is 250 g/mol. The third-order valence-corrected chi connectivity index (χ3v) is 2.66. The first-order valence-corrected chi connectivity index (χ1v) is 6.72. The van der Waals surface area contributed by atoms with Crippen LogP contribution in [0.5, 0.6) is 5.75 Å². The van der Waals surface area contributed by atoms with E-state index in [9.17, 15) is 4.79 Å². The Morgan fingerprint density at radius 3 is 2.39 bits per heavy atom. The Labute approximate surface area is 109 Å². The van der Waals surface area contributed by atoms with E-state index < -0.39 is 6.16 Å². The van der Waals surface area contributed by atoms with Gasteiger partial charge in [0.2, 0.25) is 0 Å². The molecule has 1 aromatic rings. The molecule has 1 aromatic carbocycles. The summed E-state index contributed by atoms with van der Waals surface area (Å²) in [6, 6.07) is 8.96. The van der Waals surface area contributed by atoms with Gasteiger partial charge in [0.15, 0.2) is 0 Å². The molecule has 3 heteroatoms. The molecule has 3 nitrogen and oxygen atoms in total. The van der Waals surface area contributed by atoms with Gasteiger partial charge in [-0.05, 0) is 18.6 Å². The number of carbonyl (C=O) groups is 1. The topological polar surface area (TPSA) is 35.5 Å². The summed E-state index contributed by atoms with van der Waals surface area (Å²) in [4.78, 5) is 11.3. The van der Waals surface area contributed by atoms with Crippen molar-refractivity contribution in [3.63, 3.8) is 0 Å². The van der Waals surface area contributed by atoms with Crippen LogP contribution in [0.3, 0.4) is 0 Å². The van der Waals surface area contributed by atoms with E-state index in [1.165, 1.54) is 25.7 Å². The lowest BCUT2D eigenvalue weighted by molar-refractivity contribution is 0.0973. The molecule has 0 aliphatic rings. The van der Waals surface area contributed by atoms with E-state index in [1.807, 2.05) is 18.2 Å². The number of hydrogen-bond donors (Lipinski definition) is 0. The summed E-state index contributed by atoms with van der Waals surface area (Å²) >= 11 is 0. The highest BCUT2D eigenvalue weighted by Gasteiger charge is 2.04. The van der Waals surface area contributed by atoms with Gasteiger partial charge >= 0.3 is 6.16 Å². The van der Waals surface area contributed by atoms with Crippen molar-refractivity contribution in [2.75, 3.05) is 6.61 Å². The summed E-state index contributed by atoms with van der Waals surface area (Å²) in [5.41, 5.74) is 0. The quantitative estimate of drug-likeness (QED) is 0.385. The van der Waals surface area contributed by atoms with E-state index in [-0.39, 0.29) is 0 Å². The Balaban J connectivity index is 2.00. The van der Waals surface area contributed by atoms with E-state index in [2.05, 4.69) is 6.92 Å². The number of unbranched alkanes of at least 4 members (excludes halogenated alkanes) is 5. The summed E-state index contributed by atoms with van der Waals surface area (Å²) in [6.07, 6.45) is 6.42. The third-order valence-electron chi connectivity index (χ3n) is 2.66. The largest absolute Gasteiger partial charge is 0.513 e. The lowest BCUT2D eigenvalue weighted by atomic mass is 10.1. The van der Waals surface area contributed by atoms with E-state index in [4.69, 9.17) is 9.47 Å². The SMILES string of the molecule is CCCCCCCCOC(=O)Oc1ccccc1. The number of carbonyl (C=O) groups excluding carboxylic acids is 1. The van der Waals surface area contributed by atoms with Crippen LogP contribution < -0.4 is 4.74 Å². The van der Waals surface area contributed by atoms with Crippen molar-refractivity contribution < 1.29 is 14.3 Å². The van der Waals surface area contributed by atoms with Gasteiger partial charge in [-0.15, -0.1) is 0 Å². The normalized spacial score (nSPS) is 10.1. The van der Waals surface area contributed by atoms with Gasteiger partial charge in [-0.2, -0.15) is 0 Å². The fraction of sp³-hybridized carbons (Fsp3) is 0.533. The molecule has 0 aliphatic heterocycles. The summed E-state index contributed by atoms with van der Waals surface area (Å²) < 4.78 is 9.99. The van der Waals surface area contributed by atoms with E-state index >= 15 is 0 Å². The molecule has 1 rings (SSSR count). The summed E-state index contributed by atoms with van der Waals surface area (Å²) in [7, 11) is 0. The predicted molar refractivity (Wildman–Crippen MR) is 71.8 cm³/mol. The molecule has 100 valence electrons. The zero-order valence-corrected chi connectivity index (χ0v) is 11.1. The average molecular weight is 250 g/mol. The smallest absolute Gasteiger partial charge is 0.434 e. The number of ether oxygens (including phenoxy) is 2. The van der Waals surface area contributed by atoms with Gasteiger partial charge in [0, 0.05) is 0 Å². The molecule has 0 spiro atoms. The minimum absolute atomic E-state index is 0.442. The molecule has 18 heavy (non-hydrogen) atoms. The van der Waals surface area contributed by atoms with Crippen LogP contribution in [-0.4, -0.2) is 12.8 Å².